The Labute approximate surface area is 169 Å². The van der Waals surface area contributed by atoms with Crippen molar-refractivity contribution in [2.24, 2.45) is 0 Å². The highest BCUT2D eigenvalue weighted by molar-refractivity contribution is 6.08. The van der Waals surface area contributed by atoms with Crippen LogP contribution in [0.1, 0.15) is 51.2 Å². The monoisotopic (exact) mass is 369 g/mol. The first-order valence-electron chi connectivity index (χ1n) is 10.5. The number of fused-ring (bicyclic) bond motifs is 5. The van der Waals surface area contributed by atoms with Gasteiger partial charge in [-0.25, -0.2) is 0 Å². The number of aryl methyl sites for hydroxylation is 2. The predicted molar refractivity (Wildman–Crippen MR) is 123 cm³/mol. The van der Waals surface area contributed by atoms with Crippen LogP contribution in [0.2, 0.25) is 0 Å². The molecule has 0 atom stereocenters. The fourth-order valence-corrected chi connectivity index (χ4v) is 4.88. The van der Waals surface area contributed by atoms with Gasteiger partial charge in [0.05, 0.1) is 0 Å². The molecule has 0 saturated carbocycles. The predicted octanol–water partition coefficient (Wildman–Crippen LogP) is 7.09. The Bertz CT molecular complexity index is 1070. The lowest BCUT2D eigenvalue weighted by Crippen LogP contribution is -2.40. The van der Waals surface area contributed by atoms with Crippen LogP contribution in [0.3, 0.4) is 0 Å². The maximum atomic E-state index is 3.94. The van der Waals surface area contributed by atoms with Gasteiger partial charge in [0, 0.05) is 11.2 Å². The SMILES string of the molecule is C=C1C=C(C)NC(C)(C)C1.c1ccc2c(c1)ccc1c3c(ccc12)CCCC3. The topological polar surface area (TPSA) is 12.0 Å². The van der Waals surface area contributed by atoms with Crippen LogP contribution in [0, 0.1) is 0 Å². The Kier molecular flexibility index (Phi) is 5.02. The summed E-state index contributed by atoms with van der Waals surface area (Å²) in [5.41, 5.74) is 5.83. The molecule has 0 radical (unpaired) electrons. The molecule has 5 rings (SSSR count). The van der Waals surface area contributed by atoms with Crippen molar-refractivity contribution in [3.8, 4) is 0 Å². The molecule has 0 spiro atoms. The second kappa shape index (κ2) is 7.47. The molecule has 1 aliphatic heterocycles. The summed E-state index contributed by atoms with van der Waals surface area (Å²) in [6.07, 6.45) is 8.36. The Hall–Kier alpha value is -2.54. The van der Waals surface area contributed by atoms with Gasteiger partial charge in [-0.2, -0.15) is 0 Å². The number of hydrogen-bond acceptors (Lipinski definition) is 1. The maximum absolute atomic E-state index is 3.94. The van der Waals surface area contributed by atoms with Gasteiger partial charge in [-0.3, -0.25) is 0 Å². The molecule has 0 aromatic heterocycles. The van der Waals surface area contributed by atoms with Gasteiger partial charge < -0.3 is 5.32 Å². The van der Waals surface area contributed by atoms with E-state index in [2.05, 4.69) is 87.3 Å². The zero-order chi connectivity index (χ0) is 19.7. The molecule has 0 saturated heterocycles. The molecule has 3 aromatic rings. The molecule has 1 nitrogen and oxygen atoms in total. The van der Waals surface area contributed by atoms with Gasteiger partial charge in [0.1, 0.15) is 0 Å². The summed E-state index contributed by atoms with van der Waals surface area (Å²) in [6, 6.07) is 18.0. The van der Waals surface area contributed by atoms with Crippen molar-refractivity contribution < 1.29 is 0 Å². The van der Waals surface area contributed by atoms with Gasteiger partial charge in [0.25, 0.3) is 0 Å². The third kappa shape index (κ3) is 3.85. The molecule has 1 N–H and O–H groups in total. The molecule has 0 bridgehead atoms. The minimum absolute atomic E-state index is 0.204. The molecular weight excluding hydrogens is 338 g/mol. The van der Waals surface area contributed by atoms with Crippen LogP contribution in [0.25, 0.3) is 21.5 Å². The highest BCUT2D eigenvalue weighted by Gasteiger charge is 2.21. The molecule has 0 unspecified atom stereocenters. The summed E-state index contributed by atoms with van der Waals surface area (Å²) >= 11 is 0. The van der Waals surface area contributed by atoms with Crippen molar-refractivity contribution in [1.82, 2.24) is 5.32 Å². The Morgan fingerprint density at radius 3 is 2.39 bits per heavy atom. The lowest BCUT2D eigenvalue weighted by molar-refractivity contribution is 0.415. The first-order valence-corrected chi connectivity index (χ1v) is 10.5. The Morgan fingerprint density at radius 1 is 0.857 bits per heavy atom. The van der Waals surface area contributed by atoms with E-state index < -0.39 is 0 Å². The van der Waals surface area contributed by atoms with E-state index in [1.54, 1.807) is 11.1 Å². The molecule has 3 aromatic carbocycles. The first-order chi connectivity index (χ1) is 13.4. The minimum atomic E-state index is 0.204. The lowest BCUT2D eigenvalue weighted by atomic mass is 9.86. The second-order valence-corrected chi connectivity index (χ2v) is 8.96. The average Bonchev–Trinajstić information content (AvgIpc) is 2.66. The molecule has 2 aliphatic rings. The van der Waals surface area contributed by atoms with Crippen molar-refractivity contribution in [2.75, 3.05) is 0 Å². The Morgan fingerprint density at radius 2 is 1.61 bits per heavy atom. The maximum Gasteiger partial charge on any atom is 0.0354 e. The normalized spacial score (nSPS) is 18.0. The summed E-state index contributed by atoms with van der Waals surface area (Å²) in [4.78, 5) is 0. The fourth-order valence-electron chi connectivity index (χ4n) is 4.88. The lowest BCUT2D eigenvalue weighted by Gasteiger charge is -2.32. The summed E-state index contributed by atoms with van der Waals surface area (Å²) in [5.74, 6) is 0. The van der Waals surface area contributed by atoms with Crippen molar-refractivity contribution in [1.29, 1.82) is 0 Å². The summed E-state index contributed by atoms with van der Waals surface area (Å²) in [5, 5.41) is 9.03. The van der Waals surface area contributed by atoms with Gasteiger partial charge in [-0.1, -0.05) is 60.7 Å². The number of nitrogens with one attached hydrogen (secondary N) is 1. The van der Waals surface area contributed by atoms with Gasteiger partial charge >= 0.3 is 0 Å². The minimum Gasteiger partial charge on any atom is -0.383 e. The van der Waals surface area contributed by atoms with E-state index in [0.717, 1.165) is 6.42 Å². The van der Waals surface area contributed by atoms with Crippen LogP contribution < -0.4 is 5.32 Å². The van der Waals surface area contributed by atoms with Crippen LogP contribution in [-0.2, 0) is 12.8 Å². The van der Waals surface area contributed by atoms with Gasteiger partial charge in [0.15, 0.2) is 0 Å². The third-order valence-electron chi connectivity index (χ3n) is 5.88. The Balaban J connectivity index is 0.000000165. The van der Waals surface area contributed by atoms with Gasteiger partial charge in [0.2, 0.25) is 0 Å². The van der Waals surface area contributed by atoms with Crippen molar-refractivity contribution in [2.45, 2.75) is 58.4 Å². The van der Waals surface area contributed by atoms with Crippen molar-refractivity contribution >= 4 is 21.5 Å². The van der Waals surface area contributed by atoms with Crippen LogP contribution >= 0.6 is 0 Å². The number of allylic oxidation sites excluding steroid dienone is 2. The standard InChI is InChI=1S/C18H16.C9H15N/c1-3-7-15-13(5-1)9-11-18-16-8-4-2-6-14(16)10-12-17(15)18;1-7-5-8(2)10-9(3,4)6-7/h1,3,5,7,9-12H,2,4,6,8H2;5,10H,1,6H2,2-4H3. The average molecular weight is 370 g/mol. The van der Waals surface area contributed by atoms with E-state index >= 15 is 0 Å². The molecular formula is C27H31N. The molecule has 1 heteroatoms. The van der Waals surface area contributed by atoms with E-state index in [9.17, 15) is 0 Å². The molecule has 144 valence electrons. The number of rotatable bonds is 0. The molecule has 1 heterocycles. The van der Waals surface area contributed by atoms with Gasteiger partial charge in [-0.05, 0) is 91.6 Å². The van der Waals surface area contributed by atoms with Crippen LogP contribution in [0.4, 0.5) is 0 Å². The molecule has 0 fully saturated rings. The fraction of sp³-hybridized carbons (Fsp3) is 0.333. The largest absolute Gasteiger partial charge is 0.383 e. The molecule has 28 heavy (non-hydrogen) atoms. The van der Waals surface area contributed by atoms with E-state index in [0.29, 0.717) is 0 Å². The quantitative estimate of drug-likeness (QED) is 0.417. The van der Waals surface area contributed by atoms with Crippen LogP contribution in [0.5, 0.6) is 0 Å². The third-order valence-corrected chi connectivity index (χ3v) is 5.88. The number of hydrogen-bond donors (Lipinski definition) is 1. The summed E-state index contributed by atoms with van der Waals surface area (Å²) < 4.78 is 0. The zero-order valence-corrected chi connectivity index (χ0v) is 17.4. The van der Waals surface area contributed by atoms with E-state index in [-0.39, 0.29) is 5.54 Å². The molecule has 1 aliphatic carbocycles. The highest BCUT2D eigenvalue weighted by atomic mass is 15.0. The van der Waals surface area contributed by atoms with Crippen LogP contribution in [-0.4, -0.2) is 5.54 Å². The number of benzene rings is 3. The molecule has 0 amide bonds. The highest BCUT2D eigenvalue weighted by Crippen LogP contribution is 2.33. The van der Waals surface area contributed by atoms with E-state index in [1.807, 2.05) is 0 Å². The first kappa shape index (κ1) is 18.8. The van der Waals surface area contributed by atoms with Gasteiger partial charge in [-0.15, -0.1) is 0 Å². The van der Waals surface area contributed by atoms with E-state index in [1.165, 1.54) is 58.5 Å². The smallest absolute Gasteiger partial charge is 0.0354 e. The zero-order valence-electron chi connectivity index (χ0n) is 17.4. The van der Waals surface area contributed by atoms with Crippen molar-refractivity contribution in [3.63, 3.8) is 0 Å². The van der Waals surface area contributed by atoms with Crippen LogP contribution in [0.15, 0.2) is 72.5 Å². The summed E-state index contributed by atoms with van der Waals surface area (Å²) in [7, 11) is 0. The summed E-state index contributed by atoms with van der Waals surface area (Å²) in [6.45, 7) is 10.4. The second-order valence-electron chi connectivity index (χ2n) is 8.96. The van der Waals surface area contributed by atoms with Crippen molar-refractivity contribution in [3.05, 3.63) is 83.6 Å². The van der Waals surface area contributed by atoms with E-state index in [4.69, 9.17) is 0 Å².